The Bertz CT molecular complexity index is 1310. The van der Waals surface area contributed by atoms with E-state index in [0.29, 0.717) is 16.9 Å². The van der Waals surface area contributed by atoms with Gasteiger partial charge < -0.3 is 15.2 Å². The first-order valence-corrected chi connectivity index (χ1v) is 10.0. The van der Waals surface area contributed by atoms with Crippen molar-refractivity contribution in [1.82, 2.24) is 15.3 Å². The monoisotopic (exact) mass is 444 g/mol. The van der Waals surface area contributed by atoms with E-state index >= 15 is 0 Å². The van der Waals surface area contributed by atoms with Crippen LogP contribution in [0.1, 0.15) is 22.7 Å². The Morgan fingerprint density at radius 3 is 2.61 bits per heavy atom. The fourth-order valence-corrected chi connectivity index (χ4v) is 3.64. The molecule has 0 spiro atoms. The van der Waals surface area contributed by atoms with E-state index in [4.69, 9.17) is 4.74 Å². The number of non-ortho nitro benzene ring substituents is 1. The van der Waals surface area contributed by atoms with Gasteiger partial charge in [0.1, 0.15) is 17.0 Å². The minimum absolute atomic E-state index is 0.0508. The Hall–Kier alpha value is -4.53. The van der Waals surface area contributed by atoms with Gasteiger partial charge in [-0.3, -0.25) is 24.9 Å². The van der Waals surface area contributed by atoms with E-state index in [0.717, 1.165) is 0 Å². The number of pyridine rings is 2. The van der Waals surface area contributed by atoms with Gasteiger partial charge in [0, 0.05) is 30.2 Å². The maximum atomic E-state index is 12.9. The lowest BCUT2D eigenvalue weighted by atomic mass is 9.95. The van der Waals surface area contributed by atoms with Gasteiger partial charge in [-0.1, -0.05) is 18.2 Å². The van der Waals surface area contributed by atoms with Crippen LogP contribution in [0.3, 0.4) is 0 Å². The van der Waals surface area contributed by atoms with Crippen molar-refractivity contribution in [2.24, 2.45) is 0 Å². The van der Waals surface area contributed by atoms with Crippen LogP contribution in [0.25, 0.3) is 10.9 Å². The van der Waals surface area contributed by atoms with Crippen molar-refractivity contribution in [2.45, 2.75) is 12.5 Å². The number of nitro groups is 1. The maximum Gasteiger partial charge on any atom is 0.279 e. The van der Waals surface area contributed by atoms with E-state index in [9.17, 15) is 20.0 Å². The number of ether oxygens (including phenoxy) is 1. The molecule has 9 heteroatoms. The van der Waals surface area contributed by atoms with Crippen LogP contribution in [0.4, 0.5) is 5.69 Å². The first-order chi connectivity index (χ1) is 16.0. The van der Waals surface area contributed by atoms with Crippen molar-refractivity contribution < 1.29 is 19.6 Å². The number of phenolic OH excluding ortho intramolecular Hbond substituents is 1. The highest BCUT2D eigenvalue weighted by Crippen LogP contribution is 2.39. The van der Waals surface area contributed by atoms with Crippen molar-refractivity contribution >= 4 is 22.5 Å². The lowest BCUT2D eigenvalue weighted by molar-refractivity contribution is -0.383. The Balaban J connectivity index is 1.82. The summed E-state index contributed by atoms with van der Waals surface area (Å²) < 4.78 is 5.20. The highest BCUT2D eigenvalue weighted by molar-refractivity contribution is 5.94. The molecule has 1 atom stereocenters. The minimum Gasteiger partial charge on any atom is -0.505 e. The fraction of sp³-hybridized carbons (Fsp3) is 0.125. The zero-order chi connectivity index (χ0) is 23.4. The van der Waals surface area contributed by atoms with Crippen LogP contribution in [-0.2, 0) is 11.2 Å². The van der Waals surface area contributed by atoms with Crippen LogP contribution >= 0.6 is 0 Å². The number of methoxy groups -OCH3 is 1. The topological polar surface area (TPSA) is 127 Å². The molecule has 2 heterocycles. The van der Waals surface area contributed by atoms with Crippen LogP contribution in [0.2, 0.25) is 0 Å². The van der Waals surface area contributed by atoms with E-state index in [-0.39, 0.29) is 40.2 Å². The van der Waals surface area contributed by atoms with Gasteiger partial charge in [-0.15, -0.1) is 0 Å². The van der Waals surface area contributed by atoms with Crippen LogP contribution in [0, 0.1) is 10.1 Å². The molecule has 33 heavy (non-hydrogen) atoms. The molecule has 9 nitrogen and oxygen atoms in total. The second-order valence-corrected chi connectivity index (χ2v) is 7.30. The van der Waals surface area contributed by atoms with Gasteiger partial charge in [-0.2, -0.15) is 0 Å². The molecular formula is C24H20N4O5. The first-order valence-electron chi connectivity index (χ1n) is 10.0. The lowest BCUT2D eigenvalue weighted by Crippen LogP contribution is -2.30. The number of phenols is 1. The van der Waals surface area contributed by atoms with Crippen molar-refractivity contribution in [3.63, 3.8) is 0 Å². The normalized spacial score (nSPS) is 11.7. The molecule has 166 valence electrons. The quantitative estimate of drug-likeness (QED) is 0.329. The van der Waals surface area contributed by atoms with Gasteiger partial charge in [0.2, 0.25) is 5.91 Å². The van der Waals surface area contributed by atoms with E-state index in [1.165, 1.54) is 25.4 Å². The third-order valence-corrected chi connectivity index (χ3v) is 5.22. The third kappa shape index (κ3) is 4.57. The number of hydrogen-bond donors (Lipinski definition) is 2. The number of nitrogens with one attached hydrogen (secondary N) is 1. The van der Waals surface area contributed by atoms with Crippen molar-refractivity contribution in [3.8, 4) is 11.5 Å². The SMILES string of the molecule is COc1ccc(C(NC(=O)Cc2cccnc2)c2cc([N+](=O)[O-])c3cccnc3c2O)cc1. The predicted molar refractivity (Wildman–Crippen MR) is 121 cm³/mol. The summed E-state index contributed by atoms with van der Waals surface area (Å²) in [5, 5.41) is 25.9. The molecule has 0 aliphatic carbocycles. The molecule has 0 radical (unpaired) electrons. The number of aromatic hydroxyl groups is 1. The molecule has 0 bridgehead atoms. The molecule has 2 aromatic carbocycles. The number of carbonyl (C=O) groups excluding carboxylic acids is 1. The predicted octanol–water partition coefficient (Wildman–Crippen LogP) is 3.70. The number of nitro benzene ring substituents is 1. The number of hydrogen-bond acceptors (Lipinski definition) is 7. The lowest BCUT2D eigenvalue weighted by Gasteiger charge is -2.22. The summed E-state index contributed by atoms with van der Waals surface area (Å²) in [6.07, 6.45) is 4.69. The highest BCUT2D eigenvalue weighted by Gasteiger charge is 2.27. The smallest absolute Gasteiger partial charge is 0.279 e. The molecule has 4 aromatic rings. The molecule has 1 unspecified atom stereocenters. The van der Waals surface area contributed by atoms with Crippen molar-refractivity contribution in [2.75, 3.05) is 7.11 Å². The van der Waals surface area contributed by atoms with Crippen molar-refractivity contribution in [1.29, 1.82) is 0 Å². The van der Waals surface area contributed by atoms with Gasteiger partial charge in [-0.25, -0.2) is 0 Å². The molecule has 0 saturated carbocycles. The molecule has 2 aromatic heterocycles. The van der Waals surface area contributed by atoms with Gasteiger partial charge in [0.15, 0.2) is 0 Å². The van der Waals surface area contributed by atoms with Crippen LogP contribution < -0.4 is 10.1 Å². The maximum absolute atomic E-state index is 12.9. The summed E-state index contributed by atoms with van der Waals surface area (Å²) in [5.41, 5.74) is 1.35. The Kier molecular flexibility index (Phi) is 6.12. The summed E-state index contributed by atoms with van der Waals surface area (Å²) in [6, 6.07) is 13.9. The number of benzene rings is 2. The molecule has 2 N–H and O–H groups in total. The summed E-state index contributed by atoms with van der Waals surface area (Å²) in [5.74, 6) is 0.0280. The number of fused-ring (bicyclic) bond motifs is 1. The molecule has 0 saturated heterocycles. The molecule has 4 rings (SSSR count). The van der Waals surface area contributed by atoms with E-state index in [1.807, 2.05) is 0 Å². The largest absolute Gasteiger partial charge is 0.505 e. The minimum atomic E-state index is -0.870. The zero-order valence-corrected chi connectivity index (χ0v) is 17.6. The van der Waals surface area contributed by atoms with Crippen molar-refractivity contribution in [3.05, 3.63) is 100.0 Å². The van der Waals surface area contributed by atoms with E-state index < -0.39 is 11.0 Å². The molecule has 1 amide bonds. The zero-order valence-electron chi connectivity index (χ0n) is 17.6. The third-order valence-electron chi connectivity index (χ3n) is 5.22. The van der Waals surface area contributed by atoms with Crippen LogP contribution in [-0.4, -0.2) is 33.0 Å². The summed E-state index contributed by atoms with van der Waals surface area (Å²) in [4.78, 5) is 32.3. The first kappa shape index (κ1) is 21.7. The van der Waals surface area contributed by atoms with Gasteiger partial charge in [-0.05, 0) is 41.5 Å². The standard InChI is InChI=1S/C24H20N4O5/c1-33-17-8-6-16(7-9-17)22(27-21(29)12-15-4-2-10-25-14-15)19-13-20(28(31)32)18-5-3-11-26-23(18)24(19)30/h2-11,13-14,22,30H,12H2,1H3,(H,27,29). The highest BCUT2D eigenvalue weighted by atomic mass is 16.6. The average Bonchev–Trinajstić information content (AvgIpc) is 2.84. The van der Waals surface area contributed by atoms with E-state index in [1.54, 1.807) is 54.9 Å². The second-order valence-electron chi connectivity index (χ2n) is 7.30. The number of aromatic nitrogens is 2. The Morgan fingerprint density at radius 2 is 1.94 bits per heavy atom. The van der Waals surface area contributed by atoms with E-state index in [2.05, 4.69) is 15.3 Å². The number of carbonyl (C=O) groups is 1. The number of rotatable bonds is 7. The van der Waals surface area contributed by atoms with Crippen LogP contribution in [0.5, 0.6) is 11.5 Å². The average molecular weight is 444 g/mol. The Morgan fingerprint density at radius 1 is 1.18 bits per heavy atom. The molecular weight excluding hydrogens is 424 g/mol. The van der Waals surface area contributed by atoms with Gasteiger partial charge >= 0.3 is 0 Å². The van der Waals surface area contributed by atoms with Gasteiger partial charge in [0.05, 0.1) is 29.9 Å². The second kappa shape index (κ2) is 9.31. The van der Waals surface area contributed by atoms with Crippen LogP contribution in [0.15, 0.2) is 73.2 Å². The van der Waals surface area contributed by atoms with Gasteiger partial charge in [0.25, 0.3) is 5.69 Å². The number of nitrogens with zero attached hydrogens (tertiary/aromatic N) is 3. The molecule has 0 aliphatic heterocycles. The summed E-state index contributed by atoms with van der Waals surface area (Å²) >= 11 is 0. The Labute approximate surface area is 188 Å². The molecule has 0 fully saturated rings. The number of amides is 1. The fourth-order valence-electron chi connectivity index (χ4n) is 3.64. The summed E-state index contributed by atoms with van der Waals surface area (Å²) in [7, 11) is 1.53. The molecule has 0 aliphatic rings. The summed E-state index contributed by atoms with van der Waals surface area (Å²) in [6.45, 7) is 0.